The molecule has 4 aromatic rings. The maximum atomic E-state index is 15.9. The summed E-state index contributed by atoms with van der Waals surface area (Å²) in [4.78, 5) is 43.7. The Morgan fingerprint density at radius 1 is 1.02 bits per heavy atom. The van der Waals surface area contributed by atoms with Gasteiger partial charge in [0.1, 0.15) is 17.6 Å². The summed E-state index contributed by atoms with van der Waals surface area (Å²) in [5.74, 6) is 0.185. The normalized spacial score (nSPS) is 23.1. The van der Waals surface area contributed by atoms with E-state index >= 15 is 4.39 Å². The van der Waals surface area contributed by atoms with Crippen LogP contribution >= 0.6 is 0 Å². The fourth-order valence-corrected chi connectivity index (χ4v) is 10.2. The lowest BCUT2D eigenvalue weighted by molar-refractivity contribution is -0.134. The summed E-state index contributed by atoms with van der Waals surface area (Å²) in [5, 5.41) is 18.0. The molecule has 1 unspecified atom stereocenters. The van der Waals surface area contributed by atoms with Crippen molar-refractivity contribution >= 4 is 40.0 Å². The highest BCUT2D eigenvalue weighted by Crippen LogP contribution is 2.52. The number of halogens is 1. The second-order valence-electron chi connectivity index (χ2n) is 17.9. The van der Waals surface area contributed by atoms with Gasteiger partial charge in [0, 0.05) is 67.6 Å². The van der Waals surface area contributed by atoms with Crippen molar-refractivity contribution in [2.45, 2.75) is 121 Å². The van der Waals surface area contributed by atoms with E-state index in [1.54, 1.807) is 33.4 Å². The van der Waals surface area contributed by atoms with E-state index in [1.807, 2.05) is 21.6 Å². The van der Waals surface area contributed by atoms with Crippen molar-refractivity contribution in [2.24, 2.45) is 0 Å². The fourth-order valence-electron chi connectivity index (χ4n) is 10.2. The lowest BCUT2D eigenvalue weighted by Crippen LogP contribution is -2.58. The zero-order valence-corrected chi connectivity index (χ0v) is 34.5. The average molecular weight is 793 g/mol. The summed E-state index contributed by atoms with van der Waals surface area (Å²) < 4.78 is 23.3. The molecule has 4 fully saturated rings. The topological polar surface area (TPSA) is 128 Å². The molecule has 0 radical (unpaired) electrons. The minimum atomic E-state index is -1.01. The minimum absolute atomic E-state index is 0.0465. The number of fused-ring (bicyclic) bond motifs is 3. The second kappa shape index (κ2) is 15.0. The van der Waals surface area contributed by atoms with Crippen molar-refractivity contribution in [3.8, 4) is 11.3 Å². The van der Waals surface area contributed by atoms with E-state index in [-0.39, 0.29) is 35.1 Å². The van der Waals surface area contributed by atoms with Crippen LogP contribution in [-0.2, 0) is 19.7 Å². The number of aromatic nitrogens is 3. The Morgan fingerprint density at radius 2 is 1.76 bits per heavy atom. The highest BCUT2D eigenvalue weighted by atomic mass is 19.1. The molecule has 13 heteroatoms. The lowest BCUT2D eigenvalue weighted by Gasteiger charge is -2.48. The van der Waals surface area contributed by atoms with Crippen LogP contribution in [0.1, 0.15) is 108 Å². The first-order valence-electron chi connectivity index (χ1n) is 21.3. The van der Waals surface area contributed by atoms with Crippen LogP contribution in [0.25, 0.3) is 22.3 Å². The Hall–Kier alpha value is -4.43. The summed E-state index contributed by atoms with van der Waals surface area (Å²) in [6.07, 6.45) is 9.44. The van der Waals surface area contributed by atoms with Gasteiger partial charge in [-0.05, 0) is 121 Å². The molecular weight excluding hydrogens is 736 g/mol. The number of hydrogen-bond acceptors (Lipinski definition) is 9. The van der Waals surface area contributed by atoms with E-state index in [0.717, 1.165) is 61.1 Å². The first-order chi connectivity index (χ1) is 27.9. The van der Waals surface area contributed by atoms with Gasteiger partial charge in [-0.15, -0.1) is 0 Å². The molecule has 2 aromatic heterocycles. The number of benzene rings is 2. The summed E-state index contributed by atoms with van der Waals surface area (Å²) in [7, 11) is 1.65. The number of amides is 2. The van der Waals surface area contributed by atoms with Gasteiger partial charge in [0.15, 0.2) is 5.82 Å². The van der Waals surface area contributed by atoms with Gasteiger partial charge in [-0.3, -0.25) is 14.9 Å². The van der Waals surface area contributed by atoms with Crippen molar-refractivity contribution in [2.75, 3.05) is 50.1 Å². The summed E-state index contributed by atoms with van der Waals surface area (Å²) in [6, 6.07) is 12.0. The maximum absolute atomic E-state index is 15.9. The number of pyridine rings is 1. The minimum Gasteiger partial charge on any atom is -0.383 e. The Labute approximate surface area is 340 Å². The summed E-state index contributed by atoms with van der Waals surface area (Å²) in [6.45, 7) is 11.4. The van der Waals surface area contributed by atoms with Crippen molar-refractivity contribution in [1.82, 2.24) is 29.7 Å². The summed E-state index contributed by atoms with van der Waals surface area (Å²) >= 11 is 0. The molecule has 3 aliphatic heterocycles. The van der Waals surface area contributed by atoms with Crippen LogP contribution in [0.15, 0.2) is 42.7 Å². The van der Waals surface area contributed by atoms with Gasteiger partial charge in [0.05, 0.1) is 35.2 Å². The number of aryl methyl sites for hydroxylation is 1. The molecule has 12 nitrogen and oxygen atoms in total. The molecule has 2 aliphatic carbocycles. The number of methoxy groups -OCH3 is 1. The molecule has 58 heavy (non-hydrogen) atoms. The first-order valence-corrected chi connectivity index (χ1v) is 21.3. The number of likely N-dealkylation sites (tertiary alicyclic amines) is 2. The third-order valence-corrected chi connectivity index (χ3v) is 13.8. The largest absolute Gasteiger partial charge is 0.383 e. The van der Waals surface area contributed by atoms with Gasteiger partial charge in [0.2, 0.25) is 11.8 Å². The highest BCUT2D eigenvalue weighted by molar-refractivity contribution is 6.09. The number of carbonyl (C=O) groups excluding carboxylic acids is 2. The van der Waals surface area contributed by atoms with Crippen LogP contribution in [0.5, 0.6) is 0 Å². The first kappa shape index (κ1) is 39.1. The third-order valence-electron chi connectivity index (χ3n) is 13.8. The number of aliphatic hydroxyl groups is 1. The maximum Gasteiger partial charge on any atom is 0.238 e. The Morgan fingerprint density at radius 3 is 2.43 bits per heavy atom. The number of imidazole rings is 1. The van der Waals surface area contributed by atoms with Gasteiger partial charge < -0.3 is 34.4 Å². The Kier molecular flexibility index (Phi) is 10.1. The second-order valence-corrected chi connectivity index (χ2v) is 17.9. The van der Waals surface area contributed by atoms with Gasteiger partial charge in [-0.1, -0.05) is 18.6 Å². The molecule has 2 saturated heterocycles. The molecule has 3 N–H and O–H groups in total. The van der Waals surface area contributed by atoms with Crippen LogP contribution < -0.4 is 15.5 Å². The van der Waals surface area contributed by atoms with E-state index in [0.29, 0.717) is 66.7 Å². The van der Waals surface area contributed by atoms with Crippen LogP contribution in [0.4, 0.5) is 21.6 Å². The predicted molar refractivity (Wildman–Crippen MR) is 223 cm³/mol. The van der Waals surface area contributed by atoms with E-state index in [4.69, 9.17) is 14.7 Å². The molecule has 5 heterocycles. The standard InChI is InChI=1S/C45H57FN8O4/c1-27(2)53-26-47-38-24-36(48-41(40(38)53)49-37-23-33(28(3)19-35(37)46)42(56)50-44(11-12-44)25-58-5)30-9-10-34-39(20-30)54(32-21-31(22-32)52-15-7-6-8-16-52)43(57)45(34)13-17-51(18-14-45)29(4)55/h9-10,19-20,23-24,26-27,31-32,42,50,56H,6-8,11-18,21-22,25H2,1-5H3,(H,48,49). The molecule has 1 atom stereocenters. The van der Waals surface area contributed by atoms with E-state index in [1.165, 1.54) is 25.3 Å². The van der Waals surface area contributed by atoms with Crippen molar-refractivity contribution in [3.05, 3.63) is 65.2 Å². The fraction of sp³-hybridized carbons (Fsp3) is 0.556. The zero-order valence-electron chi connectivity index (χ0n) is 34.5. The number of carbonyl (C=O) groups is 2. The molecule has 2 amide bonds. The molecule has 5 aliphatic rings. The van der Waals surface area contributed by atoms with Crippen LogP contribution in [0.3, 0.4) is 0 Å². The molecule has 2 aromatic carbocycles. The predicted octanol–water partition coefficient (Wildman–Crippen LogP) is 6.87. The number of anilines is 3. The van der Waals surface area contributed by atoms with Crippen molar-refractivity contribution < 1.29 is 23.8 Å². The van der Waals surface area contributed by atoms with Crippen LogP contribution in [-0.4, -0.2) is 98.8 Å². The number of rotatable bonds is 11. The molecule has 308 valence electrons. The SMILES string of the molecule is COCC1(NC(O)c2cc(Nc3nc(-c4ccc5c(c4)N(C4CC(N6CCCCC6)C4)C(=O)C54CCN(C(C)=O)CC4)cc4ncn(C(C)C)c34)c(F)cc2C)CC1. The van der Waals surface area contributed by atoms with Crippen LogP contribution in [0, 0.1) is 12.7 Å². The Bertz CT molecular complexity index is 2230. The molecule has 1 spiro atoms. The van der Waals surface area contributed by atoms with E-state index in [9.17, 15) is 14.7 Å². The lowest BCUT2D eigenvalue weighted by atomic mass is 9.73. The van der Waals surface area contributed by atoms with Crippen molar-refractivity contribution in [1.29, 1.82) is 0 Å². The highest BCUT2D eigenvalue weighted by Gasteiger charge is 2.55. The molecule has 0 bridgehead atoms. The van der Waals surface area contributed by atoms with E-state index in [2.05, 4.69) is 46.4 Å². The third kappa shape index (κ3) is 6.77. The quantitative estimate of drug-likeness (QED) is 0.140. The number of nitrogens with one attached hydrogen (secondary N) is 2. The van der Waals surface area contributed by atoms with Gasteiger partial charge in [0.25, 0.3) is 0 Å². The molecule has 2 saturated carbocycles. The number of nitrogens with zero attached hydrogens (tertiary/aromatic N) is 6. The van der Waals surface area contributed by atoms with Gasteiger partial charge in [-0.2, -0.15) is 0 Å². The number of piperidine rings is 2. The van der Waals surface area contributed by atoms with Gasteiger partial charge >= 0.3 is 0 Å². The van der Waals surface area contributed by atoms with Gasteiger partial charge in [-0.25, -0.2) is 14.4 Å². The summed E-state index contributed by atoms with van der Waals surface area (Å²) in [5.41, 5.74) is 5.34. The number of ether oxygens (including phenoxy) is 1. The molecule has 9 rings (SSSR count). The van der Waals surface area contributed by atoms with Crippen molar-refractivity contribution in [3.63, 3.8) is 0 Å². The number of aliphatic hydroxyl groups excluding tert-OH is 1. The monoisotopic (exact) mass is 792 g/mol. The average Bonchev–Trinajstić information content (AvgIpc) is 3.72. The smallest absolute Gasteiger partial charge is 0.238 e. The van der Waals surface area contributed by atoms with Crippen LogP contribution in [0.2, 0.25) is 0 Å². The number of hydrogen-bond donors (Lipinski definition) is 3. The Balaban J connectivity index is 1.08. The zero-order chi connectivity index (χ0) is 40.5. The molecular formula is C45H57FN8O4. The van der Waals surface area contributed by atoms with E-state index < -0.39 is 17.5 Å².